The molecule has 4 saturated carbocycles. The van der Waals surface area contributed by atoms with Gasteiger partial charge in [0.25, 0.3) is 0 Å². The lowest BCUT2D eigenvalue weighted by Gasteiger charge is -2.42. The largest absolute Gasteiger partial charge is 0.457 e. The maximum Gasteiger partial charge on any atom is 0.139 e. The fourth-order valence-corrected chi connectivity index (χ4v) is 6.24. The Bertz CT molecular complexity index is 821. The van der Waals surface area contributed by atoms with Crippen molar-refractivity contribution < 1.29 is 14.6 Å². The Morgan fingerprint density at radius 2 is 1.38 bits per heavy atom. The first-order valence-corrected chi connectivity index (χ1v) is 8.81. The zero-order valence-electron chi connectivity index (χ0n) is 13.2. The second-order valence-corrected chi connectivity index (χ2v) is 7.80. The molecule has 120 valence electrons. The number of hydrogen-bond donors (Lipinski definition) is 1. The number of benzene rings is 2. The fourth-order valence-electron chi connectivity index (χ4n) is 6.24. The first-order chi connectivity index (χ1) is 11.7. The summed E-state index contributed by atoms with van der Waals surface area (Å²) in [5.41, 5.74) is 1.30. The van der Waals surface area contributed by atoms with Gasteiger partial charge in [0.2, 0.25) is 0 Å². The molecule has 1 heterocycles. The average molecular weight is 318 g/mol. The van der Waals surface area contributed by atoms with E-state index >= 15 is 0 Å². The summed E-state index contributed by atoms with van der Waals surface area (Å²) in [6.07, 6.45) is 1.73. The van der Waals surface area contributed by atoms with Gasteiger partial charge in [0.15, 0.2) is 0 Å². The van der Waals surface area contributed by atoms with Crippen molar-refractivity contribution in [1.82, 2.24) is 0 Å². The molecule has 7 rings (SSSR count). The molecule has 1 aliphatic heterocycles. The van der Waals surface area contributed by atoms with Gasteiger partial charge in [-0.15, -0.1) is 0 Å². The molecule has 24 heavy (non-hydrogen) atoms. The van der Waals surface area contributed by atoms with E-state index in [4.69, 9.17) is 4.74 Å². The number of ether oxygens (including phenoxy) is 1. The van der Waals surface area contributed by atoms with Crippen LogP contribution in [-0.4, -0.2) is 16.5 Å². The van der Waals surface area contributed by atoms with Gasteiger partial charge in [-0.05, 0) is 36.8 Å². The number of Topliss-reactive ketones (excluding diaryl/α,β-unsaturated/α-hetero) is 1. The van der Waals surface area contributed by atoms with E-state index in [0.717, 1.165) is 35.5 Å². The number of rotatable bonds is 1. The molecule has 4 aliphatic carbocycles. The van der Waals surface area contributed by atoms with Gasteiger partial charge in [-0.2, -0.15) is 0 Å². The van der Waals surface area contributed by atoms with Crippen LogP contribution in [0.3, 0.4) is 0 Å². The minimum Gasteiger partial charge on any atom is -0.457 e. The van der Waals surface area contributed by atoms with Crippen molar-refractivity contribution in [3.8, 4) is 11.5 Å². The highest BCUT2D eigenvalue weighted by Gasteiger charge is 2.74. The normalized spacial score (nSPS) is 38.3. The van der Waals surface area contributed by atoms with Gasteiger partial charge in [-0.25, -0.2) is 0 Å². The molecule has 4 atom stereocenters. The number of carbonyl (C=O) groups is 1. The number of carbonyl (C=O) groups excluding carboxylic acids is 1. The van der Waals surface area contributed by atoms with Gasteiger partial charge in [0, 0.05) is 28.9 Å². The fraction of sp³-hybridized carbons (Fsp3) is 0.381. The van der Waals surface area contributed by atoms with Crippen molar-refractivity contribution in [2.45, 2.75) is 24.4 Å². The third-order valence-electron chi connectivity index (χ3n) is 7.05. The molecule has 0 unspecified atom stereocenters. The van der Waals surface area contributed by atoms with Crippen LogP contribution >= 0.6 is 0 Å². The Balaban J connectivity index is 1.59. The maximum absolute atomic E-state index is 12.3. The predicted molar refractivity (Wildman–Crippen MR) is 88.0 cm³/mol. The zero-order chi connectivity index (χ0) is 16.1. The van der Waals surface area contributed by atoms with Crippen molar-refractivity contribution in [2.75, 3.05) is 0 Å². The summed E-state index contributed by atoms with van der Waals surface area (Å²) in [5.74, 6) is 2.33. The van der Waals surface area contributed by atoms with Crippen LogP contribution in [0.4, 0.5) is 0 Å². The first-order valence-electron chi connectivity index (χ1n) is 8.81. The standard InChI is InChI=1S/C21H18O3/c22-20-13-9-15-14(20)10-16(13)21(15,23)19-11-5-1-3-7-17(11)24-18-8-4-2-6-12(18)19/h1-8,13-16,19,23H,9-10H2/t13-,14-,15-,16-/m1/s1. The molecule has 0 spiro atoms. The Kier molecular flexibility index (Phi) is 2.25. The van der Waals surface area contributed by atoms with E-state index in [1.54, 1.807) is 0 Å². The number of ketones is 1. The molecule has 1 N–H and O–H groups in total. The summed E-state index contributed by atoms with van der Waals surface area (Å²) in [4.78, 5) is 12.3. The van der Waals surface area contributed by atoms with Crippen LogP contribution in [-0.2, 0) is 4.79 Å². The maximum atomic E-state index is 12.3. The summed E-state index contributed by atoms with van der Waals surface area (Å²) in [7, 11) is 0. The van der Waals surface area contributed by atoms with E-state index in [-0.39, 0.29) is 29.6 Å². The van der Waals surface area contributed by atoms with Gasteiger partial charge >= 0.3 is 0 Å². The summed E-state index contributed by atoms with van der Waals surface area (Å²) in [6.45, 7) is 0. The SMILES string of the molecule is O=C1[C@@H]2C[C@@H]3[C@H]1C[C@H]2C3(O)C1c2ccccc2Oc2ccccc21. The summed E-state index contributed by atoms with van der Waals surface area (Å²) in [6, 6.07) is 16.0. The highest BCUT2D eigenvalue weighted by atomic mass is 16.5. The van der Waals surface area contributed by atoms with Gasteiger partial charge in [-0.1, -0.05) is 36.4 Å². The van der Waals surface area contributed by atoms with Crippen molar-refractivity contribution in [2.24, 2.45) is 23.7 Å². The lowest BCUT2D eigenvalue weighted by molar-refractivity contribution is -0.128. The number of fused-ring (bicyclic) bond motifs is 2. The van der Waals surface area contributed by atoms with Crippen LogP contribution in [0.5, 0.6) is 11.5 Å². The van der Waals surface area contributed by atoms with Crippen LogP contribution in [0, 0.1) is 23.7 Å². The Hall–Kier alpha value is -2.13. The molecule has 2 aromatic carbocycles. The van der Waals surface area contributed by atoms with Crippen molar-refractivity contribution in [3.05, 3.63) is 59.7 Å². The Morgan fingerprint density at radius 1 is 0.875 bits per heavy atom. The minimum absolute atomic E-state index is 0.0761. The summed E-state index contributed by atoms with van der Waals surface area (Å²) < 4.78 is 6.08. The van der Waals surface area contributed by atoms with Crippen LogP contribution < -0.4 is 4.74 Å². The smallest absolute Gasteiger partial charge is 0.139 e. The molecule has 3 heteroatoms. The van der Waals surface area contributed by atoms with E-state index in [9.17, 15) is 9.90 Å². The van der Waals surface area contributed by atoms with Crippen LogP contribution in [0.15, 0.2) is 48.5 Å². The highest BCUT2D eigenvalue weighted by Crippen LogP contribution is 2.71. The molecule has 2 aromatic rings. The van der Waals surface area contributed by atoms with Crippen molar-refractivity contribution in [1.29, 1.82) is 0 Å². The molecule has 3 nitrogen and oxygen atoms in total. The lowest BCUT2D eigenvalue weighted by atomic mass is 9.67. The topological polar surface area (TPSA) is 46.5 Å². The van der Waals surface area contributed by atoms with E-state index < -0.39 is 5.60 Å². The lowest BCUT2D eigenvalue weighted by Crippen LogP contribution is -2.47. The third-order valence-corrected chi connectivity index (χ3v) is 7.05. The Labute approximate surface area is 140 Å². The molecule has 5 aliphatic rings. The van der Waals surface area contributed by atoms with Gasteiger partial charge in [0.1, 0.15) is 17.3 Å². The van der Waals surface area contributed by atoms with Crippen molar-refractivity contribution >= 4 is 5.78 Å². The average Bonchev–Trinajstić information content (AvgIpc) is 3.28. The van der Waals surface area contributed by atoms with Crippen LogP contribution in [0.1, 0.15) is 29.9 Å². The monoisotopic (exact) mass is 318 g/mol. The molecule has 0 amide bonds. The summed E-state index contributed by atoms with van der Waals surface area (Å²) in [5, 5.41) is 11.9. The number of aliphatic hydroxyl groups is 1. The molecule has 0 aromatic heterocycles. The van der Waals surface area contributed by atoms with Gasteiger partial charge in [0.05, 0.1) is 5.60 Å². The van der Waals surface area contributed by atoms with Gasteiger partial charge < -0.3 is 9.84 Å². The second-order valence-electron chi connectivity index (χ2n) is 7.80. The molecular weight excluding hydrogens is 300 g/mol. The molecule has 4 bridgehead atoms. The van der Waals surface area contributed by atoms with Crippen molar-refractivity contribution in [3.63, 3.8) is 0 Å². The van der Waals surface area contributed by atoms with E-state index in [1.807, 2.05) is 36.4 Å². The predicted octanol–water partition coefficient (Wildman–Crippen LogP) is 3.51. The minimum atomic E-state index is -0.820. The van der Waals surface area contributed by atoms with E-state index in [2.05, 4.69) is 12.1 Å². The summed E-state index contributed by atoms with van der Waals surface area (Å²) >= 11 is 0. The molecule has 0 radical (unpaired) electrons. The quantitative estimate of drug-likeness (QED) is 0.875. The second kappa shape index (κ2) is 4.09. The number of para-hydroxylation sites is 2. The molecule has 4 fully saturated rings. The first kappa shape index (κ1) is 13.2. The Morgan fingerprint density at radius 3 is 1.88 bits per heavy atom. The van der Waals surface area contributed by atoms with E-state index in [0.29, 0.717) is 5.78 Å². The van der Waals surface area contributed by atoms with Gasteiger partial charge in [-0.3, -0.25) is 4.79 Å². The number of hydrogen-bond acceptors (Lipinski definition) is 3. The zero-order valence-corrected chi connectivity index (χ0v) is 13.2. The third kappa shape index (κ3) is 1.30. The molecular formula is C21H18O3. The van der Waals surface area contributed by atoms with E-state index in [1.165, 1.54) is 0 Å². The highest BCUT2D eigenvalue weighted by molar-refractivity contribution is 5.91. The van der Waals surface area contributed by atoms with Crippen LogP contribution in [0.2, 0.25) is 0 Å². The van der Waals surface area contributed by atoms with Crippen LogP contribution in [0.25, 0.3) is 0 Å². The molecule has 0 saturated heterocycles.